The number of rotatable bonds is 3. The molecule has 0 atom stereocenters. The standard InChI is InChI=1S/C18H17N3OS2/c22-17(20-18-19-10-12-23-18)9-11-21-13-5-1-3-7-15(13)24-16-8-4-2-6-14(16)21/h1-8H,9-12H2,(H,19,20,22). The molecule has 4 rings (SSSR count). The lowest BCUT2D eigenvalue weighted by Crippen LogP contribution is -2.31. The van der Waals surface area contributed by atoms with E-state index in [4.69, 9.17) is 0 Å². The van der Waals surface area contributed by atoms with Crippen molar-refractivity contribution in [2.45, 2.75) is 16.2 Å². The molecule has 0 aromatic heterocycles. The van der Waals surface area contributed by atoms with Crippen molar-refractivity contribution in [3.8, 4) is 0 Å². The maximum Gasteiger partial charge on any atom is 0.227 e. The number of anilines is 2. The first kappa shape index (κ1) is 15.6. The summed E-state index contributed by atoms with van der Waals surface area (Å²) in [5, 5.41) is 3.67. The lowest BCUT2D eigenvalue weighted by Gasteiger charge is -2.32. The van der Waals surface area contributed by atoms with Crippen molar-refractivity contribution < 1.29 is 4.79 Å². The zero-order valence-electron chi connectivity index (χ0n) is 13.1. The molecule has 0 saturated heterocycles. The second-order valence-corrected chi connectivity index (χ2v) is 7.69. The number of thioether (sulfide) groups is 1. The Labute approximate surface area is 149 Å². The minimum atomic E-state index is 0.0244. The van der Waals surface area contributed by atoms with E-state index in [0.29, 0.717) is 13.0 Å². The maximum absolute atomic E-state index is 12.2. The summed E-state index contributed by atoms with van der Waals surface area (Å²) in [6, 6.07) is 16.7. The first-order valence-corrected chi connectivity index (χ1v) is 9.72. The fourth-order valence-electron chi connectivity index (χ4n) is 2.83. The third-order valence-corrected chi connectivity index (χ3v) is 5.95. The predicted octanol–water partition coefficient (Wildman–Crippen LogP) is 3.90. The van der Waals surface area contributed by atoms with Crippen LogP contribution >= 0.6 is 23.5 Å². The van der Waals surface area contributed by atoms with E-state index in [2.05, 4.69) is 51.6 Å². The normalized spacial score (nSPS) is 15.5. The van der Waals surface area contributed by atoms with Crippen LogP contribution in [0.5, 0.6) is 0 Å². The van der Waals surface area contributed by atoms with Crippen LogP contribution in [0.2, 0.25) is 0 Å². The molecule has 2 aliphatic heterocycles. The number of hydrogen-bond acceptors (Lipinski definition) is 5. The van der Waals surface area contributed by atoms with E-state index in [-0.39, 0.29) is 5.91 Å². The first-order valence-electron chi connectivity index (χ1n) is 7.92. The zero-order valence-corrected chi connectivity index (χ0v) is 14.7. The third kappa shape index (κ3) is 3.16. The molecule has 2 aromatic rings. The van der Waals surface area contributed by atoms with Crippen molar-refractivity contribution in [3.63, 3.8) is 0 Å². The molecule has 4 nitrogen and oxygen atoms in total. The fourth-order valence-corrected chi connectivity index (χ4v) is 4.67. The highest BCUT2D eigenvalue weighted by Crippen LogP contribution is 2.47. The molecule has 0 saturated carbocycles. The van der Waals surface area contributed by atoms with E-state index in [9.17, 15) is 4.79 Å². The van der Waals surface area contributed by atoms with Crippen LogP contribution in [0.25, 0.3) is 0 Å². The molecule has 0 fully saturated rings. The molecule has 0 spiro atoms. The molecule has 2 aliphatic rings. The number of para-hydroxylation sites is 2. The molecule has 0 unspecified atom stereocenters. The van der Waals surface area contributed by atoms with E-state index >= 15 is 0 Å². The second-order valence-electron chi connectivity index (χ2n) is 5.52. The molecule has 2 aromatic carbocycles. The average Bonchev–Trinajstić information content (AvgIpc) is 3.11. The van der Waals surface area contributed by atoms with Crippen molar-refractivity contribution in [1.82, 2.24) is 5.32 Å². The van der Waals surface area contributed by atoms with E-state index in [0.717, 1.165) is 17.5 Å². The number of amidine groups is 1. The van der Waals surface area contributed by atoms with Crippen molar-refractivity contribution in [2.24, 2.45) is 4.99 Å². The Morgan fingerprint density at radius 3 is 2.38 bits per heavy atom. The van der Waals surface area contributed by atoms with Gasteiger partial charge in [-0.1, -0.05) is 47.8 Å². The predicted molar refractivity (Wildman–Crippen MR) is 102 cm³/mol. The summed E-state index contributed by atoms with van der Waals surface area (Å²) in [6.07, 6.45) is 0.437. The van der Waals surface area contributed by atoms with Crippen LogP contribution in [0.15, 0.2) is 63.3 Å². The van der Waals surface area contributed by atoms with Crippen molar-refractivity contribution >= 4 is 46.0 Å². The van der Waals surface area contributed by atoms with Gasteiger partial charge in [-0.15, -0.1) is 0 Å². The summed E-state index contributed by atoms with van der Waals surface area (Å²) in [5.74, 6) is 0.982. The summed E-state index contributed by atoms with van der Waals surface area (Å²) in [7, 11) is 0. The Hall–Kier alpha value is -1.92. The highest BCUT2D eigenvalue weighted by Gasteiger charge is 2.23. The van der Waals surface area contributed by atoms with Crippen LogP contribution in [0.1, 0.15) is 6.42 Å². The molecular weight excluding hydrogens is 338 g/mol. The molecule has 1 N–H and O–H groups in total. The summed E-state index contributed by atoms with van der Waals surface area (Å²) < 4.78 is 0. The molecule has 2 heterocycles. The number of nitrogens with one attached hydrogen (secondary N) is 1. The van der Waals surface area contributed by atoms with E-state index in [1.807, 2.05) is 12.1 Å². The number of hydrogen-bond donors (Lipinski definition) is 1. The summed E-state index contributed by atoms with van der Waals surface area (Å²) in [4.78, 5) is 21.2. The van der Waals surface area contributed by atoms with Gasteiger partial charge in [0, 0.05) is 28.5 Å². The van der Waals surface area contributed by atoms with Crippen LogP contribution in [0.4, 0.5) is 11.4 Å². The summed E-state index contributed by atoms with van der Waals surface area (Å²) in [6.45, 7) is 1.45. The Morgan fingerprint density at radius 1 is 1.08 bits per heavy atom. The van der Waals surface area contributed by atoms with Crippen molar-refractivity contribution in [1.29, 1.82) is 0 Å². The van der Waals surface area contributed by atoms with Gasteiger partial charge in [0.1, 0.15) is 0 Å². The quantitative estimate of drug-likeness (QED) is 0.907. The molecule has 0 bridgehead atoms. The number of fused-ring (bicyclic) bond motifs is 2. The number of amides is 1. The molecule has 122 valence electrons. The van der Waals surface area contributed by atoms with Crippen LogP contribution in [0.3, 0.4) is 0 Å². The van der Waals surface area contributed by atoms with Crippen LogP contribution < -0.4 is 10.2 Å². The Bertz CT molecular complexity index is 761. The molecule has 0 radical (unpaired) electrons. The van der Waals surface area contributed by atoms with Gasteiger partial charge in [-0.05, 0) is 24.3 Å². The van der Waals surface area contributed by atoms with E-state index in [1.165, 1.54) is 21.2 Å². The molecule has 24 heavy (non-hydrogen) atoms. The van der Waals surface area contributed by atoms with Gasteiger partial charge in [0.15, 0.2) is 5.17 Å². The third-order valence-electron chi connectivity index (χ3n) is 3.93. The smallest absolute Gasteiger partial charge is 0.227 e. The van der Waals surface area contributed by atoms with Crippen molar-refractivity contribution in [2.75, 3.05) is 23.7 Å². The lowest BCUT2D eigenvalue weighted by molar-refractivity contribution is -0.119. The number of carbonyl (C=O) groups excluding carboxylic acids is 1. The van der Waals surface area contributed by atoms with Crippen LogP contribution in [0, 0.1) is 0 Å². The maximum atomic E-state index is 12.2. The summed E-state index contributed by atoms with van der Waals surface area (Å²) >= 11 is 3.39. The van der Waals surface area contributed by atoms with E-state index < -0.39 is 0 Å². The topological polar surface area (TPSA) is 44.7 Å². The lowest BCUT2D eigenvalue weighted by atomic mass is 10.2. The molecular formula is C18H17N3OS2. The van der Waals surface area contributed by atoms with Gasteiger partial charge < -0.3 is 10.2 Å². The minimum Gasteiger partial charge on any atom is -0.339 e. The van der Waals surface area contributed by atoms with Gasteiger partial charge >= 0.3 is 0 Å². The van der Waals surface area contributed by atoms with Gasteiger partial charge in [0.2, 0.25) is 5.91 Å². The zero-order chi connectivity index (χ0) is 16.4. The Balaban J connectivity index is 1.53. The van der Waals surface area contributed by atoms with Gasteiger partial charge in [0.05, 0.1) is 17.9 Å². The monoisotopic (exact) mass is 355 g/mol. The second kappa shape index (κ2) is 6.91. The number of aliphatic imine (C=N–C) groups is 1. The number of carbonyl (C=O) groups is 1. The Kier molecular flexibility index (Phi) is 4.49. The van der Waals surface area contributed by atoms with Gasteiger partial charge in [-0.3, -0.25) is 9.79 Å². The highest BCUT2D eigenvalue weighted by atomic mass is 32.2. The van der Waals surface area contributed by atoms with Crippen molar-refractivity contribution in [3.05, 3.63) is 48.5 Å². The van der Waals surface area contributed by atoms with Crippen LogP contribution in [-0.2, 0) is 4.79 Å². The highest BCUT2D eigenvalue weighted by molar-refractivity contribution is 8.14. The molecule has 1 amide bonds. The minimum absolute atomic E-state index is 0.0244. The van der Waals surface area contributed by atoms with Gasteiger partial charge in [-0.2, -0.15) is 0 Å². The van der Waals surface area contributed by atoms with Crippen LogP contribution in [-0.4, -0.2) is 29.9 Å². The fraction of sp³-hybridized carbons (Fsp3) is 0.222. The Morgan fingerprint density at radius 2 is 1.75 bits per heavy atom. The SMILES string of the molecule is O=C(CCN1c2ccccc2Sc2ccccc21)NC1=NCCS1. The first-order chi connectivity index (χ1) is 11.8. The van der Waals surface area contributed by atoms with E-state index in [1.54, 1.807) is 23.5 Å². The van der Waals surface area contributed by atoms with Gasteiger partial charge in [0.25, 0.3) is 0 Å². The molecule has 6 heteroatoms. The molecule has 0 aliphatic carbocycles. The number of benzene rings is 2. The average molecular weight is 355 g/mol. The largest absolute Gasteiger partial charge is 0.339 e. The summed E-state index contributed by atoms with van der Waals surface area (Å²) in [5.41, 5.74) is 2.34. The number of nitrogens with zero attached hydrogens (tertiary/aromatic N) is 2. The van der Waals surface area contributed by atoms with Gasteiger partial charge in [-0.25, -0.2) is 0 Å².